The number of rotatable bonds is 6. The van der Waals surface area contributed by atoms with Crippen molar-refractivity contribution in [3.05, 3.63) is 29.8 Å². The Kier molecular flexibility index (Phi) is 6.34. The van der Waals surface area contributed by atoms with Gasteiger partial charge in [0, 0.05) is 18.3 Å². The van der Waals surface area contributed by atoms with E-state index in [4.69, 9.17) is 5.73 Å². The highest BCUT2D eigenvalue weighted by Crippen LogP contribution is 2.28. The Balaban J connectivity index is 0.00000200. The number of hydrogen-bond donors (Lipinski definition) is 1. The number of amides is 1. The first kappa shape index (κ1) is 16.8. The van der Waals surface area contributed by atoms with Gasteiger partial charge in [-0.2, -0.15) is 0 Å². The molecule has 3 nitrogen and oxygen atoms in total. The first-order chi connectivity index (χ1) is 9.06. The van der Waals surface area contributed by atoms with E-state index in [1.54, 1.807) is 0 Å². The van der Waals surface area contributed by atoms with Crippen LogP contribution in [0.4, 0.5) is 5.69 Å². The van der Waals surface area contributed by atoms with E-state index < -0.39 is 0 Å². The number of hydrogen-bond acceptors (Lipinski definition) is 2. The SMILES string of the molecule is CC(C)CCN(C(=O)Cc1ccc(N)cc1)C1CC1.Cl. The van der Waals surface area contributed by atoms with Crippen LogP contribution < -0.4 is 5.73 Å². The third-order valence-electron chi connectivity index (χ3n) is 3.59. The molecule has 0 aliphatic heterocycles. The molecule has 1 aliphatic rings. The second kappa shape index (κ2) is 7.53. The molecular weight excluding hydrogens is 272 g/mol. The maximum Gasteiger partial charge on any atom is 0.227 e. The molecule has 0 heterocycles. The summed E-state index contributed by atoms with van der Waals surface area (Å²) in [5, 5.41) is 0. The van der Waals surface area contributed by atoms with E-state index in [1.165, 1.54) is 12.8 Å². The quantitative estimate of drug-likeness (QED) is 0.819. The highest BCUT2D eigenvalue weighted by molar-refractivity contribution is 5.85. The van der Waals surface area contributed by atoms with Crippen molar-refractivity contribution in [3.63, 3.8) is 0 Å². The lowest BCUT2D eigenvalue weighted by Crippen LogP contribution is -2.35. The molecule has 0 spiro atoms. The molecule has 1 fully saturated rings. The van der Waals surface area contributed by atoms with Crippen molar-refractivity contribution in [1.82, 2.24) is 4.90 Å². The van der Waals surface area contributed by atoms with Gasteiger partial charge in [-0.15, -0.1) is 12.4 Å². The van der Waals surface area contributed by atoms with Crippen molar-refractivity contribution in [2.24, 2.45) is 5.92 Å². The van der Waals surface area contributed by atoms with E-state index in [1.807, 2.05) is 24.3 Å². The number of halogens is 1. The van der Waals surface area contributed by atoms with Crippen molar-refractivity contribution >= 4 is 24.0 Å². The van der Waals surface area contributed by atoms with Gasteiger partial charge in [-0.05, 0) is 42.9 Å². The van der Waals surface area contributed by atoms with Crippen LogP contribution in [0.15, 0.2) is 24.3 Å². The molecule has 0 unspecified atom stereocenters. The minimum atomic E-state index is 0. The smallest absolute Gasteiger partial charge is 0.227 e. The van der Waals surface area contributed by atoms with Gasteiger partial charge in [-0.1, -0.05) is 26.0 Å². The molecule has 4 heteroatoms. The highest BCUT2D eigenvalue weighted by atomic mass is 35.5. The first-order valence-corrected chi connectivity index (χ1v) is 7.20. The minimum absolute atomic E-state index is 0. The van der Waals surface area contributed by atoms with Gasteiger partial charge < -0.3 is 10.6 Å². The zero-order valence-corrected chi connectivity index (χ0v) is 13.2. The Morgan fingerprint density at radius 1 is 1.30 bits per heavy atom. The fourth-order valence-electron chi connectivity index (χ4n) is 2.21. The molecule has 112 valence electrons. The second-order valence-corrected chi connectivity index (χ2v) is 5.92. The molecule has 1 aliphatic carbocycles. The zero-order valence-electron chi connectivity index (χ0n) is 12.3. The molecular formula is C16H25ClN2O. The number of nitrogens with zero attached hydrogens (tertiary/aromatic N) is 1. The maximum atomic E-state index is 12.4. The lowest BCUT2D eigenvalue weighted by molar-refractivity contribution is -0.131. The van der Waals surface area contributed by atoms with Crippen molar-refractivity contribution in [2.45, 2.75) is 45.6 Å². The molecule has 2 rings (SSSR count). The molecule has 0 aromatic heterocycles. The second-order valence-electron chi connectivity index (χ2n) is 5.92. The Labute approximate surface area is 127 Å². The van der Waals surface area contributed by atoms with Crippen molar-refractivity contribution < 1.29 is 4.79 Å². The van der Waals surface area contributed by atoms with Gasteiger partial charge in [0.25, 0.3) is 0 Å². The summed E-state index contributed by atoms with van der Waals surface area (Å²) < 4.78 is 0. The molecule has 1 aromatic rings. The summed E-state index contributed by atoms with van der Waals surface area (Å²) in [4.78, 5) is 14.5. The first-order valence-electron chi connectivity index (χ1n) is 7.20. The average molecular weight is 297 g/mol. The molecule has 0 saturated heterocycles. The number of benzene rings is 1. The third kappa shape index (κ3) is 5.04. The predicted molar refractivity (Wildman–Crippen MR) is 86.0 cm³/mol. The van der Waals surface area contributed by atoms with Gasteiger partial charge in [0.2, 0.25) is 5.91 Å². The van der Waals surface area contributed by atoms with Crippen LogP contribution in [0.1, 0.15) is 38.7 Å². The van der Waals surface area contributed by atoms with Gasteiger partial charge in [0.15, 0.2) is 0 Å². The summed E-state index contributed by atoms with van der Waals surface area (Å²) in [6, 6.07) is 8.11. The Hall–Kier alpha value is -1.22. The fraction of sp³-hybridized carbons (Fsp3) is 0.562. The van der Waals surface area contributed by atoms with Crippen LogP contribution >= 0.6 is 12.4 Å². The van der Waals surface area contributed by atoms with Crippen LogP contribution in [-0.4, -0.2) is 23.4 Å². The number of carbonyl (C=O) groups excluding carboxylic acids is 1. The minimum Gasteiger partial charge on any atom is -0.399 e. The van der Waals surface area contributed by atoms with E-state index in [9.17, 15) is 4.79 Å². The molecule has 0 radical (unpaired) electrons. The van der Waals surface area contributed by atoms with Crippen LogP contribution in [0, 0.1) is 5.92 Å². The molecule has 2 N–H and O–H groups in total. The molecule has 1 aromatic carbocycles. The fourth-order valence-corrected chi connectivity index (χ4v) is 2.21. The van der Waals surface area contributed by atoms with Crippen LogP contribution in [0.2, 0.25) is 0 Å². The summed E-state index contributed by atoms with van der Waals surface area (Å²) in [5.41, 5.74) is 7.46. The number of nitrogen functional groups attached to an aromatic ring is 1. The van der Waals surface area contributed by atoms with Crippen LogP contribution in [0.25, 0.3) is 0 Å². The summed E-state index contributed by atoms with van der Waals surface area (Å²) in [6.07, 6.45) is 3.93. The van der Waals surface area contributed by atoms with E-state index in [-0.39, 0.29) is 18.3 Å². The molecule has 0 atom stereocenters. The molecule has 1 saturated carbocycles. The van der Waals surface area contributed by atoms with Crippen LogP contribution in [0.3, 0.4) is 0 Å². The van der Waals surface area contributed by atoms with Crippen LogP contribution in [-0.2, 0) is 11.2 Å². The van der Waals surface area contributed by atoms with Gasteiger partial charge in [-0.3, -0.25) is 4.79 Å². The zero-order chi connectivity index (χ0) is 13.8. The summed E-state index contributed by atoms with van der Waals surface area (Å²) in [7, 11) is 0. The monoisotopic (exact) mass is 296 g/mol. The topological polar surface area (TPSA) is 46.3 Å². The Morgan fingerprint density at radius 3 is 2.40 bits per heavy atom. The Bertz CT molecular complexity index is 427. The molecule has 20 heavy (non-hydrogen) atoms. The van der Waals surface area contributed by atoms with Crippen molar-refractivity contribution in [1.29, 1.82) is 0 Å². The van der Waals surface area contributed by atoms with Gasteiger partial charge in [0.05, 0.1) is 6.42 Å². The number of anilines is 1. The number of carbonyl (C=O) groups is 1. The van der Waals surface area contributed by atoms with Crippen LogP contribution in [0.5, 0.6) is 0 Å². The average Bonchev–Trinajstić information content (AvgIpc) is 3.16. The molecule has 0 bridgehead atoms. The van der Waals surface area contributed by atoms with Gasteiger partial charge in [0.1, 0.15) is 0 Å². The van der Waals surface area contributed by atoms with E-state index in [0.717, 1.165) is 24.2 Å². The Morgan fingerprint density at radius 2 is 1.90 bits per heavy atom. The summed E-state index contributed by atoms with van der Waals surface area (Å²) in [5.74, 6) is 0.901. The predicted octanol–water partition coefficient (Wildman–Crippen LogP) is 3.27. The van der Waals surface area contributed by atoms with E-state index in [0.29, 0.717) is 18.4 Å². The van der Waals surface area contributed by atoms with E-state index in [2.05, 4.69) is 18.7 Å². The van der Waals surface area contributed by atoms with Crippen molar-refractivity contribution in [2.75, 3.05) is 12.3 Å². The van der Waals surface area contributed by atoms with E-state index >= 15 is 0 Å². The lowest BCUT2D eigenvalue weighted by Gasteiger charge is -2.23. The highest BCUT2D eigenvalue weighted by Gasteiger charge is 2.31. The van der Waals surface area contributed by atoms with Crippen molar-refractivity contribution in [3.8, 4) is 0 Å². The maximum absolute atomic E-state index is 12.4. The lowest BCUT2D eigenvalue weighted by atomic mass is 10.1. The molecule has 1 amide bonds. The summed E-state index contributed by atoms with van der Waals surface area (Å²) >= 11 is 0. The number of nitrogens with two attached hydrogens (primary N) is 1. The van der Waals surface area contributed by atoms with Gasteiger partial charge >= 0.3 is 0 Å². The summed E-state index contributed by atoms with van der Waals surface area (Å²) in [6.45, 7) is 5.31. The largest absolute Gasteiger partial charge is 0.399 e. The normalized spacial score (nSPS) is 13.9. The third-order valence-corrected chi connectivity index (χ3v) is 3.59. The van der Waals surface area contributed by atoms with Gasteiger partial charge in [-0.25, -0.2) is 0 Å². The standard InChI is InChI=1S/C16H24N2O.ClH/c1-12(2)9-10-18(15-7-8-15)16(19)11-13-3-5-14(17)6-4-13;/h3-6,12,15H,7-11,17H2,1-2H3;1H.